The molecule has 0 aliphatic rings. The van der Waals surface area contributed by atoms with Gasteiger partial charge >= 0.3 is 0 Å². The molecule has 0 aliphatic carbocycles. The number of nitrogens with two attached hydrogens (primary N) is 1. The van der Waals surface area contributed by atoms with Gasteiger partial charge in [-0.2, -0.15) is 0 Å². The summed E-state index contributed by atoms with van der Waals surface area (Å²) < 4.78 is 31.3. The highest BCUT2D eigenvalue weighted by Gasteiger charge is 2.15. The Labute approximate surface area is 86.4 Å². The molecule has 0 heterocycles. The maximum absolute atomic E-state index is 13.3. The van der Waals surface area contributed by atoms with Crippen LogP contribution < -0.4 is 10.5 Å². The SMILES string of the molecule is CC(C)Oc1c(F)cc(F)cc1C(=N)N. The van der Waals surface area contributed by atoms with Crippen molar-refractivity contribution in [3.05, 3.63) is 29.3 Å². The van der Waals surface area contributed by atoms with Crippen LogP contribution in [0, 0.1) is 17.0 Å². The average Bonchev–Trinajstić information content (AvgIpc) is 2.08. The molecule has 1 aromatic carbocycles. The Morgan fingerprint density at radius 1 is 1.40 bits per heavy atom. The normalized spacial score (nSPS) is 10.5. The summed E-state index contributed by atoms with van der Waals surface area (Å²) in [7, 11) is 0. The van der Waals surface area contributed by atoms with Gasteiger partial charge in [0, 0.05) is 6.07 Å². The number of rotatable bonds is 3. The van der Waals surface area contributed by atoms with Crippen LogP contribution in [0.4, 0.5) is 8.78 Å². The molecule has 0 saturated heterocycles. The van der Waals surface area contributed by atoms with Gasteiger partial charge in [-0.25, -0.2) is 8.78 Å². The minimum Gasteiger partial charge on any atom is -0.487 e. The van der Waals surface area contributed by atoms with E-state index in [1.165, 1.54) is 0 Å². The summed E-state index contributed by atoms with van der Waals surface area (Å²) in [5, 5.41) is 7.18. The van der Waals surface area contributed by atoms with Gasteiger partial charge in [-0.05, 0) is 19.9 Å². The first-order valence-corrected chi connectivity index (χ1v) is 4.42. The zero-order valence-corrected chi connectivity index (χ0v) is 8.47. The van der Waals surface area contributed by atoms with E-state index in [-0.39, 0.29) is 17.4 Å². The third-order valence-corrected chi connectivity index (χ3v) is 1.65. The van der Waals surface area contributed by atoms with E-state index < -0.39 is 17.5 Å². The van der Waals surface area contributed by atoms with Crippen LogP contribution in [-0.2, 0) is 0 Å². The molecule has 0 aliphatic heterocycles. The Bertz CT molecular complexity index is 391. The van der Waals surface area contributed by atoms with Gasteiger partial charge < -0.3 is 10.5 Å². The Morgan fingerprint density at radius 2 is 2.00 bits per heavy atom. The number of nitrogens with one attached hydrogen (secondary N) is 1. The van der Waals surface area contributed by atoms with E-state index in [0.717, 1.165) is 6.07 Å². The Balaban J connectivity index is 3.27. The molecule has 0 bridgehead atoms. The van der Waals surface area contributed by atoms with E-state index >= 15 is 0 Å². The van der Waals surface area contributed by atoms with Crippen LogP contribution in [0.25, 0.3) is 0 Å². The predicted molar refractivity (Wildman–Crippen MR) is 53.1 cm³/mol. The molecule has 0 aromatic heterocycles. The van der Waals surface area contributed by atoms with Crippen molar-refractivity contribution in [3.63, 3.8) is 0 Å². The number of halogens is 2. The lowest BCUT2D eigenvalue weighted by Crippen LogP contribution is -2.17. The van der Waals surface area contributed by atoms with Gasteiger partial charge in [0.1, 0.15) is 11.7 Å². The van der Waals surface area contributed by atoms with E-state index in [4.69, 9.17) is 15.9 Å². The third kappa shape index (κ3) is 2.65. The molecular weight excluding hydrogens is 202 g/mol. The second-order valence-corrected chi connectivity index (χ2v) is 3.34. The van der Waals surface area contributed by atoms with Crippen molar-refractivity contribution < 1.29 is 13.5 Å². The minimum absolute atomic E-state index is 0.0683. The van der Waals surface area contributed by atoms with Crippen LogP contribution in [0.5, 0.6) is 5.75 Å². The molecule has 1 aromatic rings. The van der Waals surface area contributed by atoms with E-state index in [1.54, 1.807) is 13.8 Å². The molecule has 0 unspecified atom stereocenters. The summed E-state index contributed by atoms with van der Waals surface area (Å²) in [5.41, 5.74) is 5.13. The van der Waals surface area contributed by atoms with Crippen molar-refractivity contribution >= 4 is 5.84 Å². The molecule has 0 radical (unpaired) electrons. The average molecular weight is 214 g/mol. The monoisotopic (exact) mass is 214 g/mol. The predicted octanol–water partition coefficient (Wildman–Crippen LogP) is 2.04. The molecular formula is C10H12F2N2O. The standard InChI is InChI=1S/C10H12F2N2O/c1-5(2)15-9-7(10(13)14)3-6(11)4-8(9)12/h3-5H,1-2H3,(H3,13,14). The summed E-state index contributed by atoms with van der Waals surface area (Å²) in [6, 6.07) is 1.67. The fourth-order valence-electron chi connectivity index (χ4n) is 1.12. The molecule has 0 saturated carbocycles. The molecule has 0 amide bonds. The van der Waals surface area contributed by atoms with Crippen molar-refractivity contribution in [2.45, 2.75) is 20.0 Å². The van der Waals surface area contributed by atoms with E-state index in [0.29, 0.717) is 6.07 Å². The lowest BCUT2D eigenvalue weighted by atomic mass is 10.1. The molecule has 0 fully saturated rings. The number of benzene rings is 1. The Hall–Kier alpha value is -1.65. The molecule has 1 rings (SSSR count). The number of ether oxygens (including phenoxy) is 1. The van der Waals surface area contributed by atoms with Crippen molar-refractivity contribution in [3.8, 4) is 5.75 Å². The van der Waals surface area contributed by atoms with Crippen LogP contribution in [-0.4, -0.2) is 11.9 Å². The number of hydrogen-bond acceptors (Lipinski definition) is 2. The van der Waals surface area contributed by atoms with Gasteiger partial charge in [0.25, 0.3) is 0 Å². The number of nitrogen functional groups attached to an aromatic ring is 1. The molecule has 0 spiro atoms. The maximum atomic E-state index is 13.3. The highest BCUT2D eigenvalue weighted by molar-refractivity contribution is 5.97. The third-order valence-electron chi connectivity index (χ3n) is 1.65. The minimum atomic E-state index is -0.853. The summed E-state index contributed by atoms with van der Waals surface area (Å²) in [6.07, 6.45) is -0.275. The van der Waals surface area contributed by atoms with Gasteiger partial charge in [-0.3, -0.25) is 5.41 Å². The number of amidine groups is 1. The fraction of sp³-hybridized carbons (Fsp3) is 0.300. The molecule has 5 heteroatoms. The van der Waals surface area contributed by atoms with Crippen molar-refractivity contribution in [1.29, 1.82) is 5.41 Å². The zero-order valence-electron chi connectivity index (χ0n) is 8.47. The molecule has 15 heavy (non-hydrogen) atoms. The second-order valence-electron chi connectivity index (χ2n) is 3.34. The highest BCUT2D eigenvalue weighted by Crippen LogP contribution is 2.24. The second kappa shape index (κ2) is 4.25. The smallest absolute Gasteiger partial charge is 0.168 e. The van der Waals surface area contributed by atoms with Crippen molar-refractivity contribution in [2.24, 2.45) is 5.73 Å². The molecule has 0 atom stereocenters. The molecule has 82 valence electrons. The quantitative estimate of drug-likeness (QED) is 0.597. The molecule has 3 nitrogen and oxygen atoms in total. The Kier molecular flexibility index (Phi) is 3.24. The van der Waals surface area contributed by atoms with Gasteiger partial charge in [0.2, 0.25) is 0 Å². The summed E-state index contributed by atoms with van der Waals surface area (Å²) >= 11 is 0. The molecule has 3 N–H and O–H groups in total. The fourth-order valence-corrected chi connectivity index (χ4v) is 1.12. The lowest BCUT2D eigenvalue weighted by Gasteiger charge is -2.14. The van der Waals surface area contributed by atoms with E-state index in [9.17, 15) is 8.78 Å². The van der Waals surface area contributed by atoms with E-state index in [2.05, 4.69) is 0 Å². The van der Waals surface area contributed by atoms with Gasteiger partial charge in [0.15, 0.2) is 11.6 Å². The van der Waals surface area contributed by atoms with Crippen molar-refractivity contribution in [2.75, 3.05) is 0 Å². The van der Waals surface area contributed by atoms with Crippen LogP contribution in [0.3, 0.4) is 0 Å². The Morgan fingerprint density at radius 3 is 2.47 bits per heavy atom. The van der Waals surface area contributed by atoms with E-state index in [1.807, 2.05) is 0 Å². The highest BCUT2D eigenvalue weighted by atomic mass is 19.1. The summed E-state index contributed by atoms with van der Waals surface area (Å²) in [6.45, 7) is 3.40. The summed E-state index contributed by atoms with van der Waals surface area (Å²) in [5.74, 6) is -2.24. The largest absolute Gasteiger partial charge is 0.487 e. The lowest BCUT2D eigenvalue weighted by molar-refractivity contribution is 0.230. The zero-order chi connectivity index (χ0) is 11.6. The van der Waals surface area contributed by atoms with Crippen LogP contribution in [0.15, 0.2) is 12.1 Å². The first-order chi connectivity index (χ1) is 6.91. The summed E-state index contributed by atoms with van der Waals surface area (Å²) in [4.78, 5) is 0. The van der Waals surface area contributed by atoms with Gasteiger partial charge in [-0.15, -0.1) is 0 Å². The van der Waals surface area contributed by atoms with Crippen LogP contribution >= 0.6 is 0 Å². The first-order valence-electron chi connectivity index (χ1n) is 4.42. The van der Waals surface area contributed by atoms with Crippen LogP contribution in [0.1, 0.15) is 19.4 Å². The van der Waals surface area contributed by atoms with Crippen molar-refractivity contribution in [1.82, 2.24) is 0 Å². The van der Waals surface area contributed by atoms with Gasteiger partial charge in [0.05, 0.1) is 11.7 Å². The topological polar surface area (TPSA) is 59.1 Å². The van der Waals surface area contributed by atoms with Crippen LogP contribution in [0.2, 0.25) is 0 Å². The number of hydrogen-bond donors (Lipinski definition) is 2. The first kappa shape index (κ1) is 11.4. The van der Waals surface area contributed by atoms with Gasteiger partial charge in [-0.1, -0.05) is 0 Å². The maximum Gasteiger partial charge on any atom is 0.168 e.